The third kappa shape index (κ3) is 3.85. The number of carbonyl (C=O) groups excluding carboxylic acids is 1. The number of amidine groups is 2. The van der Waals surface area contributed by atoms with E-state index in [0.29, 0.717) is 41.0 Å². The molecule has 0 atom stereocenters. The number of aromatic nitrogens is 5. The summed E-state index contributed by atoms with van der Waals surface area (Å²) in [5.41, 5.74) is 7.82. The molecular weight excluding hydrogens is 362 g/mol. The molecule has 0 bridgehead atoms. The van der Waals surface area contributed by atoms with Crippen molar-refractivity contribution in [3.05, 3.63) is 54.0 Å². The highest BCUT2D eigenvalue weighted by Crippen LogP contribution is 2.24. The van der Waals surface area contributed by atoms with Gasteiger partial charge in [-0.2, -0.15) is 0 Å². The molecule has 28 heavy (non-hydrogen) atoms. The minimum absolute atomic E-state index is 0.125. The fourth-order valence-corrected chi connectivity index (χ4v) is 2.42. The number of urea groups is 1. The molecule has 0 spiro atoms. The molecule has 0 aromatic carbocycles. The fraction of sp³-hybridized carbons (Fsp3) is 0.188. The van der Waals surface area contributed by atoms with Crippen molar-refractivity contribution in [2.75, 3.05) is 13.6 Å². The third-order valence-corrected chi connectivity index (χ3v) is 3.70. The second-order valence-electron chi connectivity index (χ2n) is 5.61. The van der Waals surface area contributed by atoms with Crippen LogP contribution in [0.25, 0.3) is 5.70 Å². The van der Waals surface area contributed by atoms with E-state index in [-0.39, 0.29) is 5.82 Å². The van der Waals surface area contributed by atoms with Crippen molar-refractivity contribution in [2.45, 2.75) is 6.92 Å². The van der Waals surface area contributed by atoms with Crippen molar-refractivity contribution in [3.8, 4) is 0 Å². The van der Waals surface area contributed by atoms with Gasteiger partial charge < -0.3 is 16.0 Å². The zero-order valence-corrected chi connectivity index (χ0v) is 15.3. The molecule has 0 aliphatic carbocycles. The summed E-state index contributed by atoms with van der Waals surface area (Å²) in [6, 6.07) is 3.10. The SMILES string of the molecule is C=C(/N=C1\C(=C(/N)c2ccncc2)N=C(c2nnn[nH]2)N1C)NC(=O)NCC. The van der Waals surface area contributed by atoms with Crippen LogP contribution >= 0.6 is 0 Å². The summed E-state index contributed by atoms with van der Waals surface area (Å²) in [6.45, 7) is 6.05. The zero-order chi connectivity index (χ0) is 20.1. The van der Waals surface area contributed by atoms with Crippen molar-refractivity contribution in [2.24, 2.45) is 15.7 Å². The van der Waals surface area contributed by atoms with Crippen LogP contribution in [0, 0.1) is 0 Å². The van der Waals surface area contributed by atoms with Gasteiger partial charge in [0.2, 0.25) is 5.82 Å². The van der Waals surface area contributed by atoms with E-state index in [1.54, 1.807) is 43.4 Å². The number of aromatic amines is 1. The van der Waals surface area contributed by atoms with E-state index >= 15 is 0 Å². The standard InChI is InChI=1S/C16H19N11O/c1-4-19-16(28)21-9(2)20-14-12(11(17)10-5-7-18-8-6-10)22-15(27(14)3)13-23-25-26-24-13/h5-8H,2,4,17H2,1,3H3,(H2,19,21,28)(H,23,24,25,26)/b12-11+,20-14+. The van der Waals surface area contributed by atoms with Crippen molar-refractivity contribution in [3.63, 3.8) is 0 Å². The number of carbonyl (C=O) groups is 1. The molecule has 0 fully saturated rings. The van der Waals surface area contributed by atoms with E-state index in [2.05, 4.69) is 52.8 Å². The maximum absolute atomic E-state index is 11.7. The highest BCUT2D eigenvalue weighted by molar-refractivity contribution is 6.21. The van der Waals surface area contributed by atoms with Gasteiger partial charge in [0.1, 0.15) is 11.5 Å². The number of likely N-dealkylation sites (N-methyl/N-ethyl adjacent to an activating group) is 1. The minimum atomic E-state index is -0.411. The molecule has 5 N–H and O–H groups in total. The zero-order valence-electron chi connectivity index (χ0n) is 15.3. The number of amides is 2. The molecule has 1 aliphatic heterocycles. The average molecular weight is 381 g/mol. The first-order valence-corrected chi connectivity index (χ1v) is 8.30. The predicted octanol–water partition coefficient (Wildman–Crippen LogP) is -0.197. The van der Waals surface area contributed by atoms with Crippen LogP contribution < -0.4 is 16.4 Å². The lowest BCUT2D eigenvalue weighted by Crippen LogP contribution is -2.35. The Morgan fingerprint density at radius 3 is 2.79 bits per heavy atom. The van der Waals surface area contributed by atoms with Crippen LogP contribution in [0.4, 0.5) is 4.79 Å². The van der Waals surface area contributed by atoms with Crippen LogP contribution in [-0.4, -0.2) is 61.8 Å². The van der Waals surface area contributed by atoms with Crippen LogP contribution in [0.5, 0.6) is 0 Å². The van der Waals surface area contributed by atoms with Crippen LogP contribution in [0.1, 0.15) is 18.3 Å². The van der Waals surface area contributed by atoms with Gasteiger partial charge in [0.05, 0.1) is 5.70 Å². The summed E-state index contributed by atoms with van der Waals surface area (Å²) in [4.78, 5) is 26.3. The third-order valence-electron chi connectivity index (χ3n) is 3.70. The van der Waals surface area contributed by atoms with Gasteiger partial charge in [-0.1, -0.05) is 6.58 Å². The Balaban J connectivity index is 2.02. The lowest BCUT2D eigenvalue weighted by atomic mass is 10.1. The second kappa shape index (κ2) is 8.07. The molecule has 0 saturated heterocycles. The monoisotopic (exact) mass is 381 g/mol. The number of tetrazole rings is 1. The van der Waals surface area contributed by atoms with Crippen LogP contribution in [0.2, 0.25) is 0 Å². The lowest BCUT2D eigenvalue weighted by Gasteiger charge is -2.15. The molecule has 1 aliphatic rings. The molecule has 2 aromatic rings. The Morgan fingerprint density at radius 1 is 1.39 bits per heavy atom. The first-order chi connectivity index (χ1) is 13.5. The van der Waals surface area contributed by atoms with Crippen LogP contribution in [0.15, 0.2) is 52.6 Å². The van der Waals surface area contributed by atoms with Gasteiger partial charge >= 0.3 is 6.03 Å². The summed E-state index contributed by atoms with van der Waals surface area (Å²) in [6.07, 6.45) is 3.25. The molecule has 12 nitrogen and oxygen atoms in total. The number of hydrogen-bond acceptors (Lipinski definition) is 8. The van der Waals surface area contributed by atoms with E-state index in [0.717, 1.165) is 0 Å². The highest BCUT2D eigenvalue weighted by Gasteiger charge is 2.30. The Hall–Kier alpha value is -4.09. The molecule has 12 heteroatoms. The van der Waals surface area contributed by atoms with Crippen molar-refractivity contribution in [1.29, 1.82) is 0 Å². The maximum atomic E-state index is 11.7. The summed E-state index contributed by atoms with van der Waals surface area (Å²) >= 11 is 0. The number of nitrogens with one attached hydrogen (secondary N) is 3. The molecule has 2 amide bonds. The summed E-state index contributed by atoms with van der Waals surface area (Å²) in [5, 5.41) is 18.8. The largest absolute Gasteiger partial charge is 0.396 e. The Labute approximate surface area is 160 Å². The molecule has 3 rings (SSSR count). The highest BCUT2D eigenvalue weighted by atomic mass is 16.2. The van der Waals surface area contributed by atoms with Crippen molar-refractivity contribution < 1.29 is 4.79 Å². The van der Waals surface area contributed by atoms with Crippen LogP contribution in [-0.2, 0) is 0 Å². The molecule has 144 valence electrons. The van der Waals surface area contributed by atoms with E-state index < -0.39 is 6.03 Å². The van der Waals surface area contributed by atoms with E-state index in [4.69, 9.17) is 5.73 Å². The van der Waals surface area contributed by atoms with Gasteiger partial charge in [-0.05, 0) is 29.5 Å². The van der Waals surface area contributed by atoms with Crippen LogP contribution in [0.3, 0.4) is 0 Å². The first kappa shape index (κ1) is 18.7. The van der Waals surface area contributed by atoms with Crippen molar-refractivity contribution in [1.82, 2.24) is 41.1 Å². The Kier molecular flexibility index (Phi) is 5.39. The molecule has 0 unspecified atom stereocenters. The average Bonchev–Trinajstić information content (AvgIpc) is 3.31. The second-order valence-corrected chi connectivity index (χ2v) is 5.61. The summed E-state index contributed by atoms with van der Waals surface area (Å²) < 4.78 is 0. The van der Waals surface area contributed by atoms with Gasteiger partial charge in [-0.25, -0.2) is 19.9 Å². The van der Waals surface area contributed by atoms with Gasteiger partial charge in [0.15, 0.2) is 11.7 Å². The van der Waals surface area contributed by atoms with E-state index in [1.807, 2.05) is 0 Å². The van der Waals surface area contributed by atoms with E-state index in [1.165, 1.54) is 0 Å². The van der Waals surface area contributed by atoms with Crippen molar-refractivity contribution >= 4 is 23.4 Å². The molecule has 0 saturated carbocycles. The molecule has 0 radical (unpaired) electrons. The number of nitrogens with two attached hydrogens (primary N) is 1. The lowest BCUT2D eigenvalue weighted by molar-refractivity contribution is 0.244. The van der Waals surface area contributed by atoms with E-state index in [9.17, 15) is 4.79 Å². The molecule has 3 heterocycles. The number of nitrogens with zero attached hydrogens (tertiary/aromatic N) is 7. The number of aliphatic imine (C=N–C) groups is 2. The van der Waals surface area contributed by atoms with Gasteiger partial charge in [0, 0.05) is 31.5 Å². The molecular formula is C16H19N11O. The minimum Gasteiger partial charge on any atom is -0.396 e. The Morgan fingerprint density at radius 2 is 2.14 bits per heavy atom. The van der Waals surface area contributed by atoms with Gasteiger partial charge in [-0.15, -0.1) is 5.10 Å². The smallest absolute Gasteiger partial charge is 0.320 e. The topological polar surface area (TPSA) is 162 Å². The molecule has 2 aromatic heterocycles. The number of hydrogen-bond donors (Lipinski definition) is 4. The normalized spacial score (nSPS) is 16.7. The number of pyridine rings is 1. The fourth-order valence-electron chi connectivity index (χ4n) is 2.42. The first-order valence-electron chi connectivity index (χ1n) is 8.30. The Bertz CT molecular complexity index is 960. The number of H-pyrrole nitrogens is 1. The summed E-state index contributed by atoms with van der Waals surface area (Å²) in [7, 11) is 1.73. The van der Waals surface area contributed by atoms with Gasteiger partial charge in [-0.3, -0.25) is 10.3 Å². The summed E-state index contributed by atoms with van der Waals surface area (Å²) in [5.74, 6) is 1.26. The van der Waals surface area contributed by atoms with Gasteiger partial charge in [0.25, 0.3) is 0 Å². The quantitative estimate of drug-likeness (QED) is 0.557. The number of rotatable bonds is 5. The maximum Gasteiger partial charge on any atom is 0.320 e. The predicted molar refractivity (Wildman–Crippen MR) is 103 cm³/mol.